The second-order valence-electron chi connectivity index (χ2n) is 7.97. The molecular weight excluding hydrogens is 314 g/mol. The molecule has 6 nitrogen and oxygen atoms in total. The third-order valence-electron chi connectivity index (χ3n) is 6.19. The number of hydrogen-bond donors (Lipinski definition) is 2. The lowest BCUT2D eigenvalue weighted by Gasteiger charge is -2.45. The topological polar surface area (TPSA) is 84.1 Å². The van der Waals surface area contributed by atoms with Gasteiger partial charge in [0.15, 0.2) is 0 Å². The summed E-state index contributed by atoms with van der Waals surface area (Å²) in [5.41, 5.74) is 6.68. The highest BCUT2D eigenvalue weighted by Gasteiger charge is 2.40. The number of carbonyl (C=O) groups is 1. The first kappa shape index (κ1) is 16.8. The van der Waals surface area contributed by atoms with Gasteiger partial charge in [-0.25, -0.2) is 9.97 Å². The zero-order valence-corrected chi connectivity index (χ0v) is 14.9. The second-order valence-corrected chi connectivity index (χ2v) is 7.97. The van der Waals surface area contributed by atoms with E-state index in [2.05, 4.69) is 20.2 Å². The molecule has 2 aliphatic carbocycles. The van der Waals surface area contributed by atoms with Crippen LogP contribution in [0.4, 0.5) is 5.95 Å². The summed E-state index contributed by atoms with van der Waals surface area (Å²) in [5.74, 6) is 1.68. The van der Waals surface area contributed by atoms with E-state index in [0.29, 0.717) is 29.5 Å². The number of amides is 1. The highest BCUT2D eigenvalue weighted by molar-refractivity contribution is 5.92. The van der Waals surface area contributed by atoms with Crippen molar-refractivity contribution in [2.45, 2.75) is 63.5 Å². The summed E-state index contributed by atoms with van der Waals surface area (Å²) in [6.07, 6.45) is 11.0. The van der Waals surface area contributed by atoms with E-state index in [9.17, 15) is 4.79 Å². The predicted octanol–water partition coefficient (Wildman–Crippen LogP) is 2.10. The molecule has 3 fully saturated rings. The molecule has 3 aliphatic rings. The minimum atomic E-state index is -0.0574. The van der Waals surface area contributed by atoms with Gasteiger partial charge in [0, 0.05) is 31.4 Å². The van der Waals surface area contributed by atoms with Gasteiger partial charge in [0.25, 0.3) is 5.91 Å². The highest BCUT2D eigenvalue weighted by atomic mass is 16.2. The van der Waals surface area contributed by atoms with Crippen molar-refractivity contribution in [1.82, 2.24) is 15.3 Å². The average molecular weight is 343 g/mol. The van der Waals surface area contributed by atoms with Crippen LogP contribution in [0.2, 0.25) is 0 Å². The fourth-order valence-electron chi connectivity index (χ4n) is 4.97. The van der Waals surface area contributed by atoms with Crippen LogP contribution in [-0.2, 0) is 0 Å². The SMILES string of the molecule is NC1CC2CCCC(C1)C2NC(=O)c1ccnc(N2CCCCC2)n1. The Morgan fingerprint density at radius 3 is 2.56 bits per heavy atom. The number of carbonyl (C=O) groups excluding carboxylic acids is 1. The van der Waals surface area contributed by atoms with Crippen molar-refractivity contribution >= 4 is 11.9 Å². The van der Waals surface area contributed by atoms with Crippen LogP contribution in [0.3, 0.4) is 0 Å². The van der Waals surface area contributed by atoms with Gasteiger partial charge in [0.05, 0.1) is 0 Å². The van der Waals surface area contributed by atoms with Crippen molar-refractivity contribution in [1.29, 1.82) is 0 Å². The van der Waals surface area contributed by atoms with Crippen molar-refractivity contribution in [3.8, 4) is 0 Å². The molecule has 136 valence electrons. The molecule has 2 bridgehead atoms. The fourth-order valence-corrected chi connectivity index (χ4v) is 4.97. The predicted molar refractivity (Wildman–Crippen MR) is 97.4 cm³/mol. The van der Waals surface area contributed by atoms with Gasteiger partial charge < -0.3 is 16.0 Å². The lowest BCUT2D eigenvalue weighted by molar-refractivity contribution is 0.0751. The molecule has 1 saturated heterocycles. The van der Waals surface area contributed by atoms with E-state index in [-0.39, 0.29) is 11.9 Å². The van der Waals surface area contributed by atoms with Crippen LogP contribution in [-0.4, -0.2) is 41.0 Å². The van der Waals surface area contributed by atoms with Crippen molar-refractivity contribution in [3.63, 3.8) is 0 Å². The molecule has 2 heterocycles. The lowest BCUT2D eigenvalue weighted by Crippen LogP contribution is -2.53. The molecule has 2 unspecified atom stereocenters. The fraction of sp³-hybridized carbons (Fsp3) is 0.737. The van der Waals surface area contributed by atoms with Gasteiger partial charge in [0.2, 0.25) is 5.95 Å². The third kappa shape index (κ3) is 3.64. The van der Waals surface area contributed by atoms with Crippen LogP contribution in [0, 0.1) is 11.8 Å². The molecule has 2 saturated carbocycles. The molecule has 2 atom stereocenters. The Balaban J connectivity index is 1.46. The van der Waals surface area contributed by atoms with Crippen LogP contribution in [0.25, 0.3) is 0 Å². The monoisotopic (exact) mass is 343 g/mol. The van der Waals surface area contributed by atoms with Crippen LogP contribution < -0.4 is 16.0 Å². The van der Waals surface area contributed by atoms with Gasteiger partial charge in [-0.05, 0) is 62.8 Å². The Hall–Kier alpha value is -1.69. The molecule has 0 radical (unpaired) electrons. The van der Waals surface area contributed by atoms with Gasteiger partial charge in [-0.1, -0.05) is 6.42 Å². The van der Waals surface area contributed by atoms with Crippen molar-refractivity contribution < 1.29 is 4.79 Å². The highest BCUT2D eigenvalue weighted by Crippen LogP contribution is 2.39. The number of rotatable bonds is 3. The maximum Gasteiger partial charge on any atom is 0.270 e. The molecular formula is C19H29N5O. The Morgan fingerprint density at radius 2 is 1.84 bits per heavy atom. The molecule has 3 N–H and O–H groups in total. The number of nitrogens with zero attached hydrogens (tertiary/aromatic N) is 3. The van der Waals surface area contributed by atoms with Gasteiger partial charge in [-0.15, -0.1) is 0 Å². The first-order valence-corrected chi connectivity index (χ1v) is 9.85. The second kappa shape index (κ2) is 7.28. The zero-order valence-electron chi connectivity index (χ0n) is 14.9. The zero-order chi connectivity index (χ0) is 17.2. The molecule has 4 rings (SSSR count). The van der Waals surface area contributed by atoms with Crippen LogP contribution >= 0.6 is 0 Å². The van der Waals surface area contributed by atoms with Crippen molar-refractivity contribution in [2.75, 3.05) is 18.0 Å². The molecule has 0 spiro atoms. The lowest BCUT2D eigenvalue weighted by atomic mass is 9.67. The van der Waals surface area contributed by atoms with E-state index >= 15 is 0 Å². The summed E-state index contributed by atoms with van der Waals surface area (Å²) in [5, 5.41) is 3.28. The standard InChI is InChI=1S/C19H29N5O/c20-15-11-13-5-4-6-14(12-15)17(13)23-18(25)16-7-8-21-19(22-16)24-9-2-1-3-10-24/h7-8,13-15,17H,1-6,9-12,20H2,(H,23,25). The minimum absolute atomic E-state index is 0.0574. The summed E-state index contributed by atoms with van der Waals surface area (Å²) >= 11 is 0. The number of anilines is 1. The quantitative estimate of drug-likeness (QED) is 0.878. The Kier molecular flexibility index (Phi) is 4.88. The minimum Gasteiger partial charge on any atom is -0.347 e. The number of nitrogens with one attached hydrogen (secondary N) is 1. The van der Waals surface area contributed by atoms with Crippen LogP contribution in [0.1, 0.15) is 61.9 Å². The molecule has 1 aromatic heterocycles. The van der Waals surface area contributed by atoms with Gasteiger partial charge in [-0.3, -0.25) is 4.79 Å². The number of hydrogen-bond acceptors (Lipinski definition) is 5. The van der Waals surface area contributed by atoms with E-state index in [0.717, 1.165) is 25.9 Å². The first-order valence-electron chi connectivity index (χ1n) is 9.85. The van der Waals surface area contributed by atoms with Crippen molar-refractivity contribution in [2.24, 2.45) is 17.6 Å². The smallest absolute Gasteiger partial charge is 0.270 e. The molecule has 0 aromatic carbocycles. The van der Waals surface area contributed by atoms with Gasteiger partial charge >= 0.3 is 0 Å². The number of fused-ring (bicyclic) bond motifs is 2. The first-order chi connectivity index (χ1) is 12.2. The number of nitrogens with two attached hydrogens (primary N) is 1. The Morgan fingerprint density at radius 1 is 1.12 bits per heavy atom. The van der Waals surface area contributed by atoms with Gasteiger partial charge in [-0.2, -0.15) is 0 Å². The Bertz CT molecular complexity index is 602. The summed E-state index contributed by atoms with van der Waals surface area (Å²) in [4.78, 5) is 23.9. The summed E-state index contributed by atoms with van der Waals surface area (Å²) in [6, 6.07) is 2.29. The van der Waals surface area contributed by atoms with E-state index < -0.39 is 0 Å². The van der Waals surface area contributed by atoms with Crippen LogP contribution in [0.15, 0.2) is 12.3 Å². The Labute approximate surface area is 149 Å². The van der Waals surface area contributed by atoms with E-state index in [4.69, 9.17) is 5.73 Å². The largest absolute Gasteiger partial charge is 0.347 e. The molecule has 1 amide bonds. The maximum absolute atomic E-state index is 12.8. The van der Waals surface area contributed by atoms with Gasteiger partial charge in [0.1, 0.15) is 5.69 Å². The maximum atomic E-state index is 12.8. The number of aromatic nitrogens is 2. The van der Waals surface area contributed by atoms with Crippen molar-refractivity contribution in [3.05, 3.63) is 18.0 Å². The molecule has 6 heteroatoms. The normalized spacial score (nSPS) is 32.3. The summed E-state index contributed by atoms with van der Waals surface area (Å²) < 4.78 is 0. The summed E-state index contributed by atoms with van der Waals surface area (Å²) in [6.45, 7) is 1.96. The van der Waals surface area contributed by atoms with E-state index in [1.807, 2.05) is 0 Å². The third-order valence-corrected chi connectivity index (χ3v) is 6.19. The van der Waals surface area contributed by atoms with Crippen LogP contribution in [0.5, 0.6) is 0 Å². The molecule has 1 aromatic rings. The molecule has 1 aliphatic heterocycles. The summed E-state index contributed by atoms with van der Waals surface area (Å²) in [7, 11) is 0. The average Bonchev–Trinajstić information content (AvgIpc) is 2.63. The molecule has 25 heavy (non-hydrogen) atoms. The van der Waals surface area contributed by atoms with E-state index in [1.165, 1.54) is 38.5 Å². The number of piperidine rings is 1. The van der Waals surface area contributed by atoms with E-state index in [1.54, 1.807) is 12.3 Å².